The molecule has 1 aromatic carbocycles. The number of hydrogen-bond acceptors (Lipinski definition) is 2. The minimum absolute atomic E-state index is 0.550. The van der Waals surface area contributed by atoms with E-state index in [4.69, 9.17) is 4.74 Å². The highest BCUT2D eigenvalue weighted by Crippen LogP contribution is 2.27. The molecule has 0 atom stereocenters. The van der Waals surface area contributed by atoms with E-state index in [9.17, 15) is 0 Å². The fraction of sp³-hybridized carbons (Fsp3) is 0.154. The third kappa shape index (κ3) is 3.54. The number of aromatic nitrogens is 1. The summed E-state index contributed by atoms with van der Waals surface area (Å²) in [6.07, 6.45) is 3.53. The van der Waals surface area contributed by atoms with Crippen LogP contribution in [0.4, 0.5) is 0 Å². The van der Waals surface area contributed by atoms with Crippen LogP contribution in [0, 0.1) is 0 Å². The average Bonchev–Trinajstić information content (AvgIpc) is 2.38. The van der Waals surface area contributed by atoms with E-state index in [1.165, 1.54) is 5.56 Å². The summed E-state index contributed by atoms with van der Waals surface area (Å²) in [5.41, 5.74) is 2.32. The summed E-state index contributed by atoms with van der Waals surface area (Å²) in [6, 6.07) is 9.96. The van der Waals surface area contributed by atoms with E-state index in [2.05, 4.69) is 42.9 Å². The summed E-state index contributed by atoms with van der Waals surface area (Å²) < 4.78 is 6.71. The quantitative estimate of drug-likeness (QED) is 0.761. The summed E-state index contributed by atoms with van der Waals surface area (Å²) in [5, 5.41) is 0.843. The summed E-state index contributed by atoms with van der Waals surface area (Å²) in [6.45, 7) is 0.550. The SMILES string of the molecule is BrCc1ccc(OCc2ccncc2)c(Br)c1. The lowest BCUT2D eigenvalue weighted by molar-refractivity contribution is 0.304. The highest BCUT2D eigenvalue weighted by Gasteiger charge is 2.02. The van der Waals surface area contributed by atoms with Gasteiger partial charge >= 0.3 is 0 Å². The van der Waals surface area contributed by atoms with Gasteiger partial charge in [0.2, 0.25) is 0 Å². The highest BCUT2D eigenvalue weighted by atomic mass is 79.9. The molecule has 2 aromatic rings. The number of pyridine rings is 1. The van der Waals surface area contributed by atoms with Crippen LogP contribution in [0.2, 0.25) is 0 Å². The Morgan fingerprint density at radius 1 is 1.06 bits per heavy atom. The lowest BCUT2D eigenvalue weighted by atomic mass is 10.2. The Bertz CT molecular complexity index is 488. The molecule has 0 N–H and O–H groups in total. The van der Waals surface area contributed by atoms with Crippen LogP contribution < -0.4 is 4.74 Å². The van der Waals surface area contributed by atoms with Gasteiger partial charge in [0.25, 0.3) is 0 Å². The van der Waals surface area contributed by atoms with Crippen LogP contribution in [0.1, 0.15) is 11.1 Å². The van der Waals surface area contributed by atoms with Gasteiger partial charge in [-0.25, -0.2) is 0 Å². The van der Waals surface area contributed by atoms with Crippen LogP contribution in [0.15, 0.2) is 47.2 Å². The first-order chi connectivity index (χ1) is 8.29. The third-order valence-electron chi connectivity index (χ3n) is 2.29. The van der Waals surface area contributed by atoms with E-state index in [1.54, 1.807) is 12.4 Å². The number of rotatable bonds is 4. The molecule has 0 saturated carbocycles. The molecule has 0 fully saturated rings. The molecule has 0 radical (unpaired) electrons. The number of benzene rings is 1. The molecule has 2 nitrogen and oxygen atoms in total. The van der Waals surface area contributed by atoms with Crippen LogP contribution in [-0.2, 0) is 11.9 Å². The molecule has 0 aliphatic carbocycles. The molecule has 17 heavy (non-hydrogen) atoms. The van der Waals surface area contributed by atoms with Crippen LogP contribution in [0.25, 0.3) is 0 Å². The summed E-state index contributed by atoms with van der Waals surface area (Å²) in [7, 11) is 0. The van der Waals surface area contributed by atoms with Crippen LogP contribution in [0.5, 0.6) is 5.75 Å². The van der Waals surface area contributed by atoms with Gasteiger partial charge in [0.05, 0.1) is 4.47 Å². The Morgan fingerprint density at radius 3 is 2.47 bits per heavy atom. The number of hydrogen-bond donors (Lipinski definition) is 0. The van der Waals surface area contributed by atoms with Crippen molar-refractivity contribution in [2.75, 3.05) is 0 Å². The predicted octanol–water partition coefficient (Wildman–Crippen LogP) is 4.32. The fourth-order valence-corrected chi connectivity index (χ4v) is 2.27. The molecule has 2 rings (SSSR count). The first-order valence-corrected chi connectivity index (χ1v) is 7.07. The first-order valence-electron chi connectivity index (χ1n) is 5.15. The zero-order chi connectivity index (χ0) is 12.1. The van der Waals surface area contributed by atoms with Crippen molar-refractivity contribution in [1.82, 2.24) is 4.98 Å². The van der Waals surface area contributed by atoms with Gasteiger partial charge in [0, 0.05) is 17.7 Å². The lowest BCUT2D eigenvalue weighted by Crippen LogP contribution is -1.96. The van der Waals surface area contributed by atoms with Gasteiger partial charge in [-0.1, -0.05) is 22.0 Å². The molecule has 88 valence electrons. The maximum atomic E-state index is 5.73. The monoisotopic (exact) mass is 355 g/mol. The zero-order valence-electron chi connectivity index (χ0n) is 9.07. The molecule has 0 amide bonds. The molecule has 0 spiro atoms. The second-order valence-electron chi connectivity index (χ2n) is 3.54. The summed E-state index contributed by atoms with van der Waals surface area (Å²) in [5.74, 6) is 0.853. The number of halogens is 2. The van der Waals surface area contributed by atoms with Crippen molar-refractivity contribution in [2.45, 2.75) is 11.9 Å². The molecule has 0 aliphatic heterocycles. The first kappa shape index (κ1) is 12.6. The Labute approximate surface area is 117 Å². The smallest absolute Gasteiger partial charge is 0.134 e. The van der Waals surface area contributed by atoms with E-state index in [1.807, 2.05) is 24.3 Å². The van der Waals surface area contributed by atoms with Crippen molar-refractivity contribution in [1.29, 1.82) is 0 Å². The van der Waals surface area contributed by atoms with Crippen molar-refractivity contribution in [3.63, 3.8) is 0 Å². The van der Waals surface area contributed by atoms with E-state index in [-0.39, 0.29) is 0 Å². The topological polar surface area (TPSA) is 22.1 Å². The second kappa shape index (κ2) is 6.17. The standard InChI is InChI=1S/C13H11Br2NO/c14-8-11-1-2-13(12(15)7-11)17-9-10-3-5-16-6-4-10/h1-7H,8-9H2. The van der Waals surface area contributed by atoms with E-state index >= 15 is 0 Å². The van der Waals surface area contributed by atoms with Gasteiger partial charge in [-0.15, -0.1) is 0 Å². The molecule has 1 aromatic heterocycles. The van der Waals surface area contributed by atoms with Crippen LogP contribution >= 0.6 is 31.9 Å². The molecule has 0 bridgehead atoms. The number of alkyl halides is 1. The molecule has 0 saturated heterocycles. The predicted molar refractivity (Wildman–Crippen MR) is 75.3 cm³/mol. The van der Waals surface area contributed by atoms with Gasteiger partial charge in [0.1, 0.15) is 12.4 Å². The summed E-state index contributed by atoms with van der Waals surface area (Å²) >= 11 is 6.93. The van der Waals surface area contributed by atoms with Crippen LogP contribution in [0.3, 0.4) is 0 Å². The van der Waals surface area contributed by atoms with Crippen molar-refractivity contribution in [3.8, 4) is 5.75 Å². The number of nitrogens with zero attached hydrogens (tertiary/aromatic N) is 1. The van der Waals surface area contributed by atoms with E-state index in [0.29, 0.717) is 6.61 Å². The molecule has 0 aliphatic rings. The van der Waals surface area contributed by atoms with E-state index in [0.717, 1.165) is 21.1 Å². The van der Waals surface area contributed by atoms with Gasteiger partial charge in [-0.05, 0) is 51.3 Å². The normalized spacial score (nSPS) is 10.2. The second-order valence-corrected chi connectivity index (χ2v) is 4.96. The van der Waals surface area contributed by atoms with Gasteiger partial charge in [-0.3, -0.25) is 4.98 Å². The van der Waals surface area contributed by atoms with Crippen molar-refractivity contribution < 1.29 is 4.74 Å². The van der Waals surface area contributed by atoms with Crippen molar-refractivity contribution in [2.24, 2.45) is 0 Å². The average molecular weight is 357 g/mol. The minimum Gasteiger partial charge on any atom is -0.488 e. The largest absolute Gasteiger partial charge is 0.488 e. The zero-order valence-corrected chi connectivity index (χ0v) is 12.2. The Kier molecular flexibility index (Phi) is 4.57. The minimum atomic E-state index is 0.550. The van der Waals surface area contributed by atoms with Crippen LogP contribution in [-0.4, -0.2) is 4.98 Å². The molecular weight excluding hydrogens is 346 g/mol. The number of ether oxygens (including phenoxy) is 1. The third-order valence-corrected chi connectivity index (χ3v) is 3.56. The Balaban J connectivity index is 2.04. The molecular formula is C13H11Br2NO. The fourth-order valence-electron chi connectivity index (χ4n) is 1.38. The van der Waals surface area contributed by atoms with Gasteiger partial charge in [0.15, 0.2) is 0 Å². The lowest BCUT2D eigenvalue weighted by Gasteiger charge is -2.09. The van der Waals surface area contributed by atoms with Gasteiger partial charge < -0.3 is 4.74 Å². The van der Waals surface area contributed by atoms with Gasteiger partial charge in [-0.2, -0.15) is 0 Å². The molecule has 1 heterocycles. The highest BCUT2D eigenvalue weighted by molar-refractivity contribution is 9.10. The molecule has 0 unspecified atom stereocenters. The summed E-state index contributed by atoms with van der Waals surface area (Å²) in [4.78, 5) is 3.97. The van der Waals surface area contributed by atoms with E-state index < -0.39 is 0 Å². The van der Waals surface area contributed by atoms with Crippen molar-refractivity contribution in [3.05, 3.63) is 58.3 Å². The maximum Gasteiger partial charge on any atom is 0.134 e. The Hall–Kier alpha value is -0.870. The maximum absolute atomic E-state index is 5.73. The van der Waals surface area contributed by atoms with Crippen molar-refractivity contribution >= 4 is 31.9 Å². The Morgan fingerprint density at radius 2 is 1.82 bits per heavy atom. The molecule has 4 heteroatoms.